The third kappa shape index (κ3) is 5.25. The Labute approximate surface area is 241 Å². The molecular weight excluding hydrogens is 544 g/mol. The molecule has 2 aromatic heterocycles. The summed E-state index contributed by atoms with van der Waals surface area (Å²) < 4.78 is 17.9. The zero-order chi connectivity index (χ0) is 30.4. The van der Waals surface area contributed by atoms with Crippen molar-refractivity contribution in [1.82, 2.24) is 14.9 Å². The number of aromatic nitrogens is 2. The van der Waals surface area contributed by atoms with Crippen LogP contribution in [0.4, 0.5) is 4.79 Å². The molecular formula is C30H32N4O8. The van der Waals surface area contributed by atoms with Gasteiger partial charge in [0, 0.05) is 16.5 Å². The van der Waals surface area contributed by atoms with Gasteiger partial charge in [0.1, 0.15) is 30.7 Å². The molecule has 0 fully saturated rings. The minimum absolute atomic E-state index is 0.0192. The highest BCUT2D eigenvalue weighted by Crippen LogP contribution is 2.41. The predicted molar refractivity (Wildman–Crippen MR) is 152 cm³/mol. The lowest BCUT2D eigenvalue weighted by molar-refractivity contribution is -0.188. The lowest BCUT2D eigenvalue weighted by Crippen LogP contribution is -2.48. The number of ether oxygens (including phenoxy) is 3. The quantitative estimate of drug-likeness (QED) is 0.158. The monoisotopic (exact) mass is 576 g/mol. The SMILES string of the molecule is CC[C@@]1(OC(=O)CN=C(NC(=O)OC(C)(C)C)C(C)O)C(=O)OCc2c1cc1n(c2=O)Cc2cc3ccccc3nc2-1. The second-order valence-corrected chi connectivity index (χ2v) is 11.2. The molecule has 2 atom stereocenters. The van der Waals surface area contributed by atoms with Gasteiger partial charge < -0.3 is 23.9 Å². The first-order chi connectivity index (χ1) is 19.8. The zero-order valence-corrected chi connectivity index (χ0v) is 24.0. The first-order valence-electron chi connectivity index (χ1n) is 13.6. The van der Waals surface area contributed by atoms with Gasteiger partial charge in [0.25, 0.3) is 5.56 Å². The maximum atomic E-state index is 13.7. The van der Waals surface area contributed by atoms with Crippen molar-refractivity contribution >= 4 is 34.8 Å². The number of para-hydroxylation sites is 1. The summed E-state index contributed by atoms with van der Waals surface area (Å²) in [5.74, 6) is -1.97. The molecule has 220 valence electrons. The number of cyclic esters (lactones) is 1. The normalized spacial score (nSPS) is 18.4. The van der Waals surface area contributed by atoms with E-state index >= 15 is 0 Å². The number of hydrogen-bond donors (Lipinski definition) is 2. The van der Waals surface area contributed by atoms with Crippen LogP contribution in [-0.4, -0.2) is 56.8 Å². The molecule has 1 aromatic carbocycles. The lowest BCUT2D eigenvalue weighted by atomic mass is 9.85. The number of carbonyl (C=O) groups is 3. The van der Waals surface area contributed by atoms with Crippen LogP contribution in [0.1, 0.15) is 57.7 Å². The van der Waals surface area contributed by atoms with Gasteiger partial charge in [-0.25, -0.2) is 19.4 Å². The van der Waals surface area contributed by atoms with Crippen LogP contribution in [0.5, 0.6) is 0 Å². The molecule has 2 aliphatic heterocycles. The fourth-order valence-corrected chi connectivity index (χ4v) is 5.14. The zero-order valence-electron chi connectivity index (χ0n) is 24.0. The molecule has 42 heavy (non-hydrogen) atoms. The van der Waals surface area contributed by atoms with Gasteiger partial charge in [-0.3, -0.25) is 15.1 Å². The Hall–Kier alpha value is -4.58. The van der Waals surface area contributed by atoms with Gasteiger partial charge in [0.2, 0.25) is 5.60 Å². The minimum atomic E-state index is -1.90. The van der Waals surface area contributed by atoms with E-state index in [1.54, 1.807) is 38.3 Å². The lowest BCUT2D eigenvalue weighted by Gasteiger charge is -2.35. The molecule has 2 N–H and O–H groups in total. The first kappa shape index (κ1) is 28.9. The average Bonchev–Trinajstić information content (AvgIpc) is 3.28. The van der Waals surface area contributed by atoms with Crippen LogP contribution in [0.2, 0.25) is 0 Å². The molecule has 2 aliphatic rings. The Kier molecular flexibility index (Phi) is 7.35. The smallest absolute Gasteiger partial charge is 0.413 e. The topological polar surface area (TPSA) is 158 Å². The van der Waals surface area contributed by atoms with E-state index in [1.165, 1.54) is 6.92 Å². The number of aliphatic imine (C=N–C) groups is 1. The number of amidine groups is 1. The maximum absolute atomic E-state index is 13.7. The van der Waals surface area contributed by atoms with Gasteiger partial charge in [0.15, 0.2) is 0 Å². The van der Waals surface area contributed by atoms with Gasteiger partial charge in [-0.05, 0) is 52.3 Å². The standard InChI is InChI=1S/C30H32N4O8/c1-6-30(41-23(36)13-31-25(16(2)35)33-28(39)42-29(3,4)5)20-12-22-24-18(11-17-9-7-8-10-21(17)32-24)14-34(22)26(37)19(20)15-40-27(30)38/h7-12,16,35H,6,13-15H2,1-5H3,(H,31,33,39)/t16?,30-/m0/s1. The third-order valence-electron chi connectivity index (χ3n) is 7.08. The number of hydrogen-bond acceptors (Lipinski definition) is 10. The molecule has 12 nitrogen and oxygen atoms in total. The molecule has 5 rings (SSSR count). The Balaban J connectivity index is 1.48. The van der Waals surface area contributed by atoms with E-state index < -0.39 is 41.9 Å². The molecule has 0 bridgehead atoms. The van der Waals surface area contributed by atoms with Gasteiger partial charge in [-0.15, -0.1) is 0 Å². The number of benzene rings is 1. The largest absolute Gasteiger partial charge is 0.457 e. The number of nitrogens with one attached hydrogen (secondary N) is 1. The molecule has 1 unspecified atom stereocenters. The number of aliphatic hydroxyl groups excluding tert-OH is 1. The van der Waals surface area contributed by atoms with Crippen LogP contribution in [0.3, 0.4) is 0 Å². The van der Waals surface area contributed by atoms with Crippen LogP contribution in [0.25, 0.3) is 22.3 Å². The summed E-state index contributed by atoms with van der Waals surface area (Å²) >= 11 is 0. The minimum Gasteiger partial charge on any atom is -0.457 e. The van der Waals surface area contributed by atoms with Crippen LogP contribution in [0.15, 0.2) is 46.2 Å². The first-order valence-corrected chi connectivity index (χ1v) is 13.6. The van der Waals surface area contributed by atoms with E-state index in [-0.39, 0.29) is 35.5 Å². The molecule has 12 heteroatoms. The summed E-state index contributed by atoms with van der Waals surface area (Å²) in [7, 11) is 0. The highest BCUT2D eigenvalue weighted by Gasteiger charge is 2.50. The maximum Gasteiger partial charge on any atom is 0.413 e. The second kappa shape index (κ2) is 10.7. The van der Waals surface area contributed by atoms with Crippen molar-refractivity contribution in [2.75, 3.05) is 6.54 Å². The summed E-state index contributed by atoms with van der Waals surface area (Å²) in [6, 6.07) is 11.3. The third-order valence-corrected chi connectivity index (χ3v) is 7.08. The number of carbonyl (C=O) groups excluding carboxylic acids is 3. The van der Waals surface area contributed by atoms with Crippen LogP contribution in [0, 0.1) is 0 Å². The number of nitrogens with zero attached hydrogens (tertiary/aromatic N) is 3. The highest BCUT2D eigenvalue weighted by molar-refractivity contribution is 5.98. The molecule has 1 amide bonds. The van der Waals surface area contributed by atoms with Crippen molar-refractivity contribution in [3.63, 3.8) is 0 Å². The fourth-order valence-electron chi connectivity index (χ4n) is 5.14. The Bertz CT molecular complexity index is 1700. The predicted octanol–water partition coefficient (Wildman–Crippen LogP) is 2.93. The summed E-state index contributed by atoms with van der Waals surface area (Å²) in [6.07, 6.45) is -2.12. The van der Waals surface area contributed by atoms with Gasteiger partial charge >= 0.3 is 18.0 Å². The molecule has 0 spiro atoms. The van der Waals surface area contributed by atoms with Gasteiger partial charge in [0.05, 0.1) is 29.0 Å². The molecule has 3 aromatic rings. The number of pyridine rings is 2. The average molecular weight is 577 g/mol. The van der Waals surface area contributed by atoms with E-state index in [9.17, 15) is 24.3 Å². The second-order valence-electron chi connectivity index (χ2n) is 11.2. The van der Waals surface area contributed by atoms with Crippen molar-refractivity contribution in [2.24, 2.45) is 4.99 Å². The van der Waals surface area contributed by atoms with E-state index in [2.05, 4.69) is 10.3 Å². The fraction of sp³-hybridized carbons (Fsp3) is 0.400. The van der Waals surface area contributed by atoms with E-state index in [0.717, 1.165) is 16.5 Å². The Morgan fingerprint density at radius 1 is 1.24 bits per heavy atom. The van der Waals surface area contributed by atoms with Crippen LogP contribution < -0.4 is 10.9 Å². The Morgan fingerprint density at radius 3 is 2.67 bits per heavy atom. The number of rotatable bonds is 5. The molecule has 4 heterocycles. The van der Waals surface area contributed by atoms with Crippen molar-refractivity contribution < 1.29 is 33.7 Å². The molecule has 0 saturated heterocycles. The number of aliphatic hydroxyl groups is 1. The van der Waals surface area contributed by atoms with Gasteiger partial charge in [-0.2, -0.15) is 0 Å². The van der Waals surface area contributed by atoms with Crippen molar-refractivity contribution in [2.45, 2.75) is 71.5 Å². The summed E-state index contributed by atoms with van der Waals surface area (Å²) in [6.45, 7) is 7.42. The number of alkyl carbamates (subject to hydrolysis) is 1. The molecule has 0 saturated carbocycles. The van der Waals surface area contributed by atoms with Crippen molar-refractivity contribution in [1.29, 1.82) is 0 Å². The highest BCUT2D eigenvalue weighted by atomic mass is 16.6. The van der Waals surface area contributed by atoms with Gasteiger partial charge in [-0.1, -0.05) is 25.1 Å². The van der Waals surface area contributed by atoms with Crippen LogP contribution in [-0.2, 0) is 42.6 Å². The molecule has 0 radical (unpaired) electrons. The summed E-state index contributed by atoms with van der Waals surface area (Å²) in [5.41, 5.74) is 0.135. The summed E-state index contributed by atoms with van der Waals surface area (Å²) in [5, 5.41) is 13.3. The Morgan fingerprint density at radius 2 is 1.98 bits per heavy atom. The van der Waals surface area contributed by atoms with E-state index in [4.69, 9.17) is 19.2 Å². The van der Waals surface area contributed by atoms with E-state index in [1.807, 2.05) is 30.3 Å². The van der Waals surface area contributed by atoms with E-state index in [0.29, 0.717) is 17.9 Å². The molecule has 0 aliphatic carbocycles. The van der Waals surface area contributed by atoms with Crippen LogP contribution >= 0.6 is 0 Å². The number of amides is 1. The summed E-state index contributed by atoms with van der Waals surface area (Å²) in [4.78, 5) is 60.9. The number of fused-ring (bicyclic) bond motifs is 5. The number of esters is 2. The van der Waals surface area contributed by atoms with Crippen molar-refractivity contribution in [3.05, 3.63) is 63.4 Å². The van der Waals surface area contributed by atoms with Crippen molar-refractivity contribution in [3.8, 4) is 11.4 Å².